The number of hydrogen-bond acceptors (Lipinski definition) is 2. The standard InChI is InChI=1S/C10H10BrIN2/c1-2-3-10(14-13)8-6-7(11)4-5-9(8)12/h1,4-6,10,14H,3,13H2. The monoisotopic (exact) mass is 364 g/mol. The summed E-state index contributed by atoms with van der Waals surface area (Å²) in [7, 11) is 0. The van der Waals surface area contributed by atoms with Gasteiger partial charge in [-0.3, -0.25) is 11.3 Å². The average molecular weight is 365 g/mol. The second kappa shape index (κ2) is 5.71. The number of nitrogens with two attached hydrogens (primary N) is 1. The number of halogens is 2. The van der Waals surface area contributed by atoms with E-state index in [2.05, 4.69) is 49.9 Å². The Balaban J connectivity index is 3.03. The first kappa shape index (κ1) is 12.0. The van der Waals surface area contributed by atoms with Crippen molar-refractivity contribution in [2.45, 2.75) is 12.5 Å². The van der Waals surface area contributed by atoms with Crippen LogP contribution in [0.4, 0.5) is 0 Å². The van der Waals surface area contributed by atoms with Crippen molar-refractivity contribution in [1.82, 2.24) is 5.43 Å². The fourth-order valence-electron chi connectivity index (χ4n) is 1.16. The topological polar surface area (TPSA) is 38.0 Å². The quantitative estimate of drug-likeness (QED) is 0.374. The van der Waals surface area contributed by atoms with Crippen LogP contribution in [0.5, 0.6) is 0 Å². The molecule has 14 heavy (non-hydrogen) atoms. The minimum Gasteiger partial charge on any atom is -0.271 e. The third kappa shape index (κ3) is 2.95. The minimum absolute atomic E-state index is 0.0180. The van der Waals surface area contributed by atoms with Crippen LogP contribution in [0.3, 0.4) is 0 Å². The first-order chi connectivity index (χ1) is 6.69. The van der Waals surface area contributed by atoms with Crippen LogP contribution < -0.4 is 11.3 Å². The molecule has 0 fully saturated rings. The van der Waals surface area contributed by atoms with Crippen molar-refractivity contribution in [1.29, 1.82) is 0 Å². The van der Waals surface area contributed by atoms with Gasteiger partial charge in [0.2, 0.25) is 0 Å². The van der Waals surface area contributed by atoms with Crippen molar-refractivity contribution < 1.29 is 0 Å². The van der Waals surface area contributed by atoms with E-state index in [1.165, 1.54) is 0 Å². The molecular formula is C10H10BrIN2. The molecule has 1 rings (SSSR count). The van der Waals surface area contributed by atoms with Crippen molar-refractivity contribution in [2.75, 3.05) is 0 Å². The SMILES string of the molecule is C#CCC(NN)c1cc(Br)ccc1I. The highest BCUT2D eigenvalue weighted by Crippen LogP contribution is 2.25. The van der Waals surface area contributed by atoms with Gasteiger partial charge in [0.1, 0.15) is 0 Å². The summed E-state index contributed by atoms with van der Waals surface area (Å²) in [6, 6.07) is 6.07. The largest absolute Gasteiger partial charge is 0.271 e. The molecule has 0 heterocycles. The third-order valence-corrected chi connectivity index (χ3v) is 3.33. The summed E-state index contributed by atoms with van der Waals surface area (Å²) in [5.41, 5.74) is 3.84. The number of nitrogens with one attached hydrogen (secondary N) is 1. The van der Waals surface area contributed by atoms with Crippen molar-refractivity contribution in [3.63, 3.8) is 0 Å². The Morgan fingerprint density at radius 3 is 2.93 bits per heavy atom. The van der Waals surface area contributed by atoms with Crippen molar-refractivity contribution in [2.24, 2.45) is 5.84 Å². The summed E-state index contributed by atoms with van der Waals surface area (Å²) in [6.45, 7) is 0. The lowest BCUT2D eigenvalue weighted by Crippen LogP contribution is -2.28. The average Bonchev–Trinajstić information content (AvgIpc) is 2.18. The molecule has 4 heteroatoms. The van der Waals surface area contributed by atoms with Crippen LogP contribution in [0.15, 0.2) is 22.7 Å². The van der Waals surface area contributed by atoms with Gasteiger partial charge in [-0.25, -0.2) is 0 Å². The number of rotatable bonds is 3. The molecule has 1 aromatic rings. The summed E-state index contributed by atoms with van der Waals surface area (Å²) in [5.74, 6) is 8.05. The third-order valence-electron chi connectivity index (χ3n) is 1.86. The van der Waals surface area contributed by atoms with E-state index < -0.39 is 0 Å². The van der Waals surface area contributed by atoms with Gasteiger partial charge >= 0.3 is 0 Å². The highest BCUT2D eigenvalue weighted by Gasteiger charge is 2.11. The maximum absolute atomic E-state index is 5.45. The Hall–Kier alpha value is -0.0900. The van der Waals surface area contributed by atoms with Crippen LogP contribution in [0, 0.1) is 15.9 Å². The van der Waals surface area contributed by atoms with Crippen LogP contribution in [0.25, 0.3) is 0 Å². The van der Waals surface area contributed by atoms with E-state index in [0.29, 0.717) is 6.42 Å². The molecule has 0 saturated carbocycles. The molecule has 2 nitrogen and oxygen atoms in total. The van der Waals surface area contributed by atoms with Crippen molar-refractivity contribution in [3.05, 3.63) is 31.8 Å². The zero-order chi connectivity index (χ0) is 10.6. The van der Waals surface area contributed by atoms with Crippen molar-refractivity contribution >= 4 is 38.5 Å². The van der Waals surface area contributed by atoms with Crippen LogP contribution in [0.1, 0.15) is 18.0 Å². The van der Waals surface area contributed by atoms with E-state index in [4.69, 9.17) is 12.3 Å². The molecule has 0 amide bonds. The number of benzene rings is 1. The van der Waals surface area contributed by atoms with Gasteiger partial charge in [-0.1, -0.05) is 15.9 Å². The van der Waals surface area contributed by atoms with Gasteiger partial charge in [0.25, 0.3) is 0 Å². The molecule has 0 spiro atoms. The molecule has 1 atom stereocenters. The van der Waals surface area contributed by atoms with E-state index in [9.17, 15) is 0 Å². The normalized spacial score (nSPS) is 12.1. The molecular weight excluding hydrogens is 355 g/mol. The van der Waals surface area contributed by atoms with Crippen LogP contribution in [0.2, 0.25) is 0 Å². The molecule has 0 radical (unpaired) electrons. The zero-order valence-corrected chi connectivity index (χ0v) is 11.2. The van der Waals surface area contributed by atoms with Gasteiger partial charge < -0.3 is 0 Å². The molecule has 74 valence electrons. The molecule has 0 bridgehead atoms. The number of hydrazine groups is 1. The number of terminal acetylenes is 1. The van der Waals surface area contributed by atoms with E-state index in [0.717, 1.165) is 13.6 Å². The fourth-order valence-corrected chi connectivity index (χ4v) is 2.25. The van der Waals surface area contributed by atoms with Gasteiger partial charge in [0.15, 0.2) is 0 Å². The summed E-state index contributed by atoms with van der Waals surface area (Å²) in [6.07, 6.45) is 5.86. The Bertz CT molecular complexity index is 360. The summed E-state index contributed by atoms with van der Waals surface area (Å²) in [5, 5.41) is 0. The van der Waals surface area contributed by atoms with Crippen LogP contribution in [-0.2, 0) is 0 Å². The molecule has 0 aliphatic heterocycles. The Morgan fingerprint density at radius 2 is 2.36 bits per heavy atom. The van der Waals surface area contributed by atoms with Crippen LogP contribution in [-0.4, -0.2) is 0 Å². The second-order valence-corrected chi connectivity index (χ2v) is 4.87. The molecule has 0 aliphatic carbocycles. The van der Waals surface area contributed by atoms with E-state index in [1.807, 2.05) is 18.2 Å². The molecule has 1 unspecified atom stereocenters. The zero-order valence-electron chi connectivity index (χ0n) is 7.43. The molecule has 3 N–H and O–H groups in total. The van der Waals surface area contributed by atoms with Gasteiger partial charge in [-0.05, 0) is 46.4 Å². The summed E-state index contributed by atoms with van der Waals surface area (Å²) < 4.78 is 2.19. The highest BCUT2D eigenvalue weighted by molar-refractivity contribution is 14.1. The van der Waals surface area contributed by atoms with Crippen LogP contribution >= 0.6 is 38.5 Å². The van der Waals surface area contributed by atoms with Gasteiger partial charge in [0, 0.05) is 14.5 Å². The second-order valence-electron chi connectivity index (χ2n) is 2.79. The molecule has 0 aromatic heterocycles. The number of hydrogen-bond donors (Lipinski definition) is 2. The predicted octanol–water partition coefficient (Wildman–Crippen LogP) is 2.58. The molecule has 0 aliphatic rings. The van der Waals surface area contributed by atoms with Gasteiger partial charge in [-0.2, -0.15) is 0 Å². The maximum atomic E-state index is 5.45. The smallest absolute Gasteiger partial charge is 0.0579 e. The molecule has 0 saturated heterocycles. The maximum Gasteiger partial charge on any atom is 0.0579 e. The first-order valence-electron chi connectivity index (χ1n) is 4.03. The predicted molar refractivity (Wildman–Crippen MR) is 70.4 cm³/mol. The van der Waals surface area contributed by atoms with Crippen molar-refractivity contribution in [3.8, 4) is 12.3 Å². The lowest BCUT2D eigenvalue weighted by atomic mass is 10.1. The van der Waals surface area contributed by atoms with Gasteiger partial charge in [0.05, 0.1) is 6.04 Å². The summed E-state index contributed by atoms with van der Waals surface area (Å²) >= 11 is 5.69. The van der Waals surface area contributed by atoms with E-state index >= 15 is 0 Å². The summed E-state index contributed by atoms with van der Waals surface area (Å²) in [4.78, 5) is 0. The van der Waals surface area contributed by atoms with E-state index in [1.54, 1.807) is 0 Å². The van der Waals surface area contributed by atoms with Gasteiger partial charge in [-0.15, -0.1) is 12.3 Å². The highest BCUT2D eigenvalue weighted by atomic mass is 127. The Kier molecular flexibility index (Phi) is 4.89. The lowest BCUT2D eigenvalue weighted by molar-refractivity contribution is 0.565. The Labute approximate surface area is 106 Å². The minimum atomic E-state index is 0.0180. The van der Waals surface area contributed by atoms with E-state index in [-0.39, 0.29) is 6.04 Å². The first-order valence-corrected chi connectivity index (χ1v) is 5.90. The Morgan fingerprint density at radius 1 is 1.64 bits per heavy atom. The lowest BCUT2D eigenvalue weighted by Gasteiger charge is -2.15. The fraction of sp³-hybridized carbons (Fsp3) is 0.200. The molecule has 1 aromatic carbocycles.